The lowest BCUT2D eigenvalue weighted by Crippen LogP contribution is -2.24. The summed E-state index contributed by atoms with van der Waals surface area (Å²) in [5.74, 6) is -0.272. The second-order valence-electron chi connectivity index (χ2n) is 3.82. The monoisotopic (exact) mass is 186 g/mol. The van der Waals surface area contributed by atoms with Crippen LogP contribution in [0, 0.1) is 5.92 Å². The first-order valence-electron chi connectivity index (χ1n) is 5.04. The minimum Gasteiger partial charge on any atom is -0.479 e. The maximum atomic E-state index is 10.4. The smallest absolute Gasteiger partial charge is 0.332 e. The summed E-state index contributed by atoms with van der Waals surface area (Å²) in [7, 11) is 0. The van der Waals surface area contributed by atoms with E-state index in [1.165, 1.54) is 32.1 Å². The molecule has 3 heteroatoms. The third-order valence-corrected chi connectivity index (χ3v) is 2.65. The number of aliphatic carboxylic acids is 1. The number of carbonyl (C=O) groups is 1. The number of carboxylic acids is 1. The van der Waals surface area contributed by atoms with Crippen molar-refractivity contribution in [3.8, 4) is 0 Å². The standard InChI is InChI=1S/C10H18O3/c1-8(10(11)12)13-7-9-5-3-2-4-6-9/h8-9H,2-7H2,1H3,(H,11,12)/t8-/m1/s1. The van der Waals surface area contributed by atoms with E-state index in [1.54, 1.807) is 6.92 Å². The van der Waals surface area contributed by atoms with Crippen LogP contribution in [-0.4, -0.2) is 23.8 Å². The predicted octanol–water partition coefficient (Wildman–Crippen LogP) is 2.06. The van der Waals surface area contributed by atoms with Gasteiger partial charge < -0.3 is 9.84 Å². The van der Waals surface area contributed by atoms with Gasteiger partial charge in [0.05, 0.1) is 6.61 Å². The van der Waals surface area contributed by atoms with Gasteiger partial charge in [0.25, 0.3) is 0 Å². The van der Waals surface area contributed by atoms with Gasteiger partial charge in [-0.2, -0.15) is 0 Å². The Morgan fingerprint density at radius 3 is 2.62 bits per heavy atom. The third-order valence-electron chi connectivity index (χ3n) is 2.65. The van der Waals surface area contributed by atoms with Crippen LogP contribution in [-0.2, 0) is 9.53 Å². The van der Waals surface area contributed by atoms with Crippen molar-refractivity contribution in [1.82, 2.24) is 0 Å². The molecular weight excluding hydrogens is 168 g/mol. The molecule has 76 valence electrons. The van der Waals surface area contributed by atoms with Crippen LogP contribution >= 0.6 is 0 Å². The lowest BCUT2D eigenvalue weighted by atomic mass is 9.90. The molecule has 0 heterocycles. The first kappa shape index (κ1) is 10.5. The van der Waals surface area contributed by atoms with E-state index in [0.717, 1.165) is 0 Å². The zero-order valence-electron chi connectivity index (χ0n) is 8.16. The summed E-state index contributed by atoms with van der Waals surface area (Å²) in [6, 6.07) is 0. The van der Waals surface area contributed by atoms with Crippen LogP contribution in [0.5, 0.6) is 0 Å². The number of hydrogen-bond donors (Lipinski definition) is 1. The van der Waals surface area contributed by atoms with Gasteiger partial charge in [0.15, 0.2) is 6.10 Å². The van der Waals surface area contributed by atoms with E-state index in [9.17, 15) is 4.79 Å². The van der Waals surface area contributed by atoms with Gasteiger partial charge in [-0.1, -0.05) is 19.3 Å². The molecule has 1 saturated carbocycles. The fourth-order valence-electron chi connectivity index (χ4n) is 1.71. The van der Waals surface area contributed by atoms with E-state index in [-0.39, 0.29) is 0 Å². The number of carboxylic acid groups (broad SMARTS) is 1. The molecule has 13 heavy (non-hydrogen) atoms. The fraction of sp³-hybridized carbons (Fsp3) is 0.900. The van der Waals surface area contributed by atoms with Crippen LogP contribution < -0.4 is 0 Å². The minimum absolute atomic E-state index is 0.593. The van der Waals surface area contributed by atoms with Gasteiger partial charge in [-0.05, 0) is 25.7 Å². The molecular formula is C10H18O3. The van der Waals surface area contributed by atoms with Crippen molar-refractivity contribution in [3.05, 3.63) is 0 Å². The predicted molar refractivity (Wildman–Crippen MR) is 49.6 cm³/mol. The van der Waals surface area contributed by atoms with Crippen LogP contribution in [0.2, 0.25) is 0 Å². The van der Waals surface area contributed by atoms with Crippen molar-refractivity contribution in [3.63, 3.8) is 0 Å². The molecule has 0 aromatic rings. The average molecular weight is 186 g/mol. The molecule has 0 radical (unpaired) electrons. The molecule has 1 atom stereocenters. The summed E-state index contributed by atoms with van der Waals surface area (Å²) in [5, 5.41) is 8.59. The van der Waals surface area contributed by atoms with Gasteiger partial charge >= 0.3 is 5.97 Å². The molecule has 0 saturated heterocycles. The number of rotatable bonds is 4. The normalized spacial score (nSPS) is 21.3. The van der Waals surface area contributed by atoms with Crippen molar-refractivity contribution in [2.24, 2.45) is 5.92 Å². The Kier molecular flexibility index (Phi) is 4.22. The zero-order valence-corrected chi connectivity index (χ0v) is 8.16. The molecule has 0 aromatic carbocycles. The summed E-state index contributed by atoms with van der Waals surface area (Å²) in [6.07, 6.45) is 5.62. The second-order valence-corrected chi connectivity index (χ2v) is 3.82. The molecule has 0 spiro atoms. The fourth-order valence-corrected chi connectivity index (χ4v) is 1.71. The molecule has 0 aromatic heterocycles. The van der Waals surface area contributed by atoms with E-state index in [4.69, 9.17) is 9.84 Å². The maximum Gasteiger partial charge on any atom is 0.332 e. The Balaban J connectivity index is 2.13. The van der Waals surface area contributed by atoms with Crippen molar-refractivity contribution in [1.29, 1.82) is 0 Å². The molecule has 1 fully saturated rings. The highest BCUT2D eigenvalue weighted by atomic mass is 16.5. The molecule has 1 N–H and O–H groups in total. The lowest BCUT2D eigenvalue weighted by molar-refractivity contribution is -0.150. The molecule has 0 aliphatic heterocycles. The van der Waals surface area contributed by atoms with Crippen molar-refractivity contribution in [2.45, 2.75) is 45.1 Å². The first-order valence-corrected chi connectivity index (χ1v) is 5.04. The van der Waals surface area contributed by atoms with Gasteiger partial charge in [0, 0.05) is 0 Å². The molecule has 1 aliphatic rings. The zero-order chi connectivity index (χ0) is 9.68. The number of ether oxygens (including phenoxy) is 1. The van der Waals surface area contributed by atoms with Gasteiger partial charge in [-0.15, -0.1) is 0 Å². The molecule has 1 aliphatic carbocycles. The van der Waals surface area contributed by atoms with E-state index in [1.807, 2.05) is 0 Å². The topological polar surface area (TPSA) is 46.5 Å². The largest absolute Gasteiger partial charge is 0.479 e. The van der Waals surface area contributed by atoms with Gasteiger partial charge in [0.1, 0.15) is 0 Å². The minimum atomic E-state index is -0.865. The SMILES string of the molecule is C[C@@H](OCC1CCCCC1)C(=O)O. The second kappa shape index (κ2) is 5.22. The maximum absolute atomic E-state index is 10.4. The summed E-state index contributed by atoms with van der Waals surface area (Å²) >= 11 is 0. The first-order chi connectivity index (χ1) is 6.20. The quantitative estimate of drug-likeness (QED) is 0.731. The Hall–Kier alpha value is -0.570. The van der Waals surface area contributed by atoms with E-state index in [0.29, 0.717) is 12.5 Å². The van der Waals surface area contributed by atoms with Crippen LogP contribution in [0.25, 0.3) is 0 Å². The molecule has 0 amide bonds. The molecule has 0 unspecified atom stereocenters. The Morgan fingerprint density at radius 2 is 2.08 bits per heavy atom. The van der Waals surface area contributed by atoms with Gasteiger partial charge in [-0.25, -0.2) is 4.79 Å². The molecule has 1 rings (SSSR count). The van der Waals surface area contributed by atoms with E-state index < -0.39 is 12.1 Å². The molecule has 0 bridgehead atoms. The van der Waals surface area contributed by atoms with Crippen LogP contribution in [0.4, 0.5) is 0 Å². The summed E-state index contributed by atoms with van der Waals surface area (Å²) < 4.78 is 5.24. The molecule has 3 nitrogen and oxygen atoms in total. The highest BCUT2D eigenvalue weighted by Crippen LogP contribution is 2.23. The summed E-state index contributed by atoms with van der Waals surface area (Å²) in [4.78, 5) is 10.4. The average Bonchev–Trinajstić information content (AvgIpc) is 2.15. The summed E-state index contributed by atoms with van der Waals surface area (Å²) in [5.41, 5.74) is 0. The van der Waals surface area contributed by atoms with Crippen LogP contribution in [0.3, 0.4) is 0 Å². The van der Waals surface area contributed by atoms with Crippen LogP contribution in [0.1, 0.15) is 39.0 Å². The van der Waals surface area contributed by atoms with Gasteiger partial charge in [-0.3, -0.25) is 0 Å². The Morgan fingerprint density at radius 1 is 1.46 bits per heavy atom. The Labute approximate surface area is 79.1 Å². The van der Waals surface area contributed by atoms with Gasteiger partial charge in [0.2, 0.25) is 0 Å². The van der Waals surface area contributed by atoms with E-state index >= 15 is 0 Å². The Bertz CT molecular complexity index is 162. The summed E-state index contributed by atoms with van der Waals surface area (Å²) in [6.45, 7) is 2.21. The third kappa shape index (κ3) is 3.77. The van der Waals surface area contributed by atoms with Crippen molar-refractivity contribution >= 4 is 5.97 Å². The van der Waals surface area contributed by atoms with E-state index in [2.05, 4.69) is 0 Å². The van der Waals surface area contributed by atoms with Crippen LogP contribution in [0.15, 0.2) is 0 Å². The highest BCUT2D eigenvalue weighted by Gasteiger charge is 2.17. The van der Waals surface area contributed by atoms with Crippen molar-refractivity contribution in [2.75, 3.05) is 6.61 Å². The highest BCUT2D eigenvalue weighted by molar-refractivity contribution is 5.71. The lowest BCUT2D eigenvalue weighted by Gasteiger charge is -2.22. The van der Waals surface area contributed by atoms with Crippen molar-refractivity contribution < 1.29 is 14.6 Å². The number of hydrogen-bond acceptors (Lipinski definition) is 2.